The molecule has 2 N–H and O–H groups in total. The third-order valence-electron chi connectivity index (χ3n) is 0.950. The topological polar surface area (TPSA) is 107 Å². The van der Waals surface area contributed by atoms with Gasteiger partial charge >= 0.3 is 6.03 Å². The number of rotatable bonds is 3. The lowest BCUT2D eigenvalue weighted by Gasteiger charge is -2.07. The molecule has 0 aliphatic heterocycles. The van der Waals surface area contributed by atoms with Crippen LogP contribution in [0.15, 0.2) is 5.11 Å². The highest BCUT2D eigenvalue weighted by Gasteiger charge is 2.06. The molecular weight excluding hydrogens is 174 g/mol. The van der Waals surface area contributed by atoms with E-state index in [0.29, 0.717) is 0 Å². The van der Waals surface area contributed by atoms with E-state index in [4.69, 9.17) is 5.53 Å². The summed E-state index contributed by atoms with van der Waals surface area (Å²) in [5.41, 5.74) is 7.87. The molecule has 0 rings (SSSR count). The van der Waals surface area contributed by atoms with Gasteiger partial charge in [-0.15, -0.1) is 0 Å². The van der Waals surface area contributed by atoms with Crippen molar-refractivity contribution in [3.8, 4) is 0 Å². The molecule has 72 valence electrons. The molecule has 0 aromatic heterocycles. The first-order valence-corrected chi connectivity index (χ1v) is 3.67. The third-order valence-corrected chi connectivity index (χ3v) is 0.950. The third kappa shape index (κ3) is 6.64. The number of nitrogens with one attached hydrogen (secondary N) is 2. The molecular formula is C6H11N5O2. The number of hydrogen-bond donors (Lipinski definition) is 2. The summed E-state index contributed by atoms with van der Waals surface area (Å²) in [6, 6.07) is -0.639. The minimum atomic E-state index is -0.629. The quantitative estimate of drug-likeness (QED) is 0.380. The van der Waals surface area contributed by atoms with E-state index < -0.39 is 11.9 Å². The number of hydrogen-bond acceptors (Lipinski definition) is 3. The maximum absolute atomic E-state index is 10.8. The first-order valence-electron chi connectivity index (χ1n) is 3.67. The summed E-state index contributed by atoms with van der Waals surface area (Å²) in [6.07, 6.45) is 0. The van der Waals surface area contributed by atoms with Crippen molar-refractivity contribution < 1.29 is 9.59 Å². The zero-order valence-corrected chi connectivity index (χ0v) is 7.44. The molecule has 0 bridgehead atoms. The van der Waals surface area contributed by atoms with Crippen LogP contribution in [0.5, 0.6) is 0 Å². The average molecular weight is 185 g/mol. The lowest BCUT2D eigenvalue weighted by Crippen LogP contribution is -2.43. The Hall–Kier alpha value is -1.75. The van der Waals surface area contributed by atoms with Crippen molar-refractivity contribution in [2.75, 3.05) is 6.54 Å². The van der Waals surface area contributed by atoms with Crippen LogP contribution in [-0.2, 0) is 4.79 Å². The minimum absolute atomic E-state index is 0.0488. The summed E-state index contributed by atoms with van der Waals surface area (Å²) >= 11 is 0. The number of amides is 3. The summed E-state index contributed by atoms with van der Waals surface area (Å²) in [7, 11) is 0. The van der Waals surface area contributed by atoms with E-state index >= 15 is 0 Å². The molecule has 3 amide bonds. The Morgan fingerprint density at radius 1 is 1.54 bits per heavy atom. The van der Waals surface area contributed by atoms with Crippen LogP contribution in [0.1, 0.15) is 13.8 Å². The summed E-state index contributed by atoms with van der Waals surface area (Å²) in [5.74, 6) is -0.629. The Morgan fingerprint density at radius 3 is 2.62 bits per heavy atom. The van der Waals surface area contributed by atoms with Gasteiger partial charge in [0, 0.05) is 11.0 Å². The van der Waals surface area contributed by atoms with Gasteiger partial charge in [0.25, 0.3) is 0 Å². The van der Waals surface area contributed by atoms with E-state index in [1.54, 1.807) is 13.8 Å². The Bertz CT molecular complexity index is 243. The highest BCUT2D eigenvalue weighted by Crippen LogP contribution is 1.77. The highest BCUT2D eigenvalue weighted by molar-refractivity contribution is 5.95. The maximum Gasteiger partial charge on any atom is 0.321 e. The molecule has 0 aromatic rings. The predicted octanol–water partition coefficient (Wildman–Crippen LogP) is 0.531. The van der Waals surface area contributed by atoms with Gasteiger partial charge in [0.2, 0.25) is 5.91 Å². The van der Waals surface area contributed by atoms with Crippen LogP contribution in [0.25, 0.3) is 10.4 Å². The van der Waals surface area contributed by atoms with Crippen molar-refractivity contribution in [2.24, 2.45) is 5.11 Å². The van der Waals surface area contributed by atoms with E-state index in [0.717, 1.165) is 0 Å². The summed E-state index contributed by atoms with van der Waals surface area (Å²) in [5, 5.41) is 7.43. The van der Waals surface area contributed by atoms with Crippen LogP contribution in [-0.4, -0.2) is 24.5 Å². The van der Waals surface area contributed by atoms with E-state index in [2.05, 4.69) is 15.3 Å². The van der Waals surface area contributed by atoms with Crippen LogP contribution in [0, 0.1) is 0 Å². The van der Waals surface area contributed by atoms with E-state index in [9.17, 15) is 9.59 Å². The first-order chi connectivity index (χ1) is 6.06. The molecule has 0 radical (unpaired) electrons. The largest absolute Gasteiger partial charge is 0.336 e. The van der Waals surface area contributed by atoms with E-state index in [1.165, 1.54) is 0 Å². The molecule has 7 nitrogen and oxygen atoms in total. The Morgan fingerprint density at radius 2 is 2.15 bits per heavy atom. The van der Waals surface area contributed by atoms with Gasteiger partial charge in [-0.3, -0.25) is 10.1 Å². The highest BCUT2D eigenvalue weighted by atomic mass is 16.2. The van der Waals surface area contributed by atoms with Gasteiger partial charge in [0.15, 0.2) is 0 Å². The van der Waals surface area contributed by atoms with Crippen LogP contribution in [0.4, 0.5) is 4.79 Å². The molecule has 0 fully saturated rings. The van der Waals surface area contributed by atoms with E-state index in [1.807, 2.05) is 5.32 Å². The maximum atomic E-state index is 10.8. The minimum Gasteiger partial charge on any atom is -0.336 e. The number of urea groups is 1. The predicted molar refractivity (Wildman–Crippen MR) is 45.8 cm³/mol. The number of carbonyl (C=O) groups excluding carboxylic acids is 2. The van der Waals surface area contributed by atoms with Gasteiger partial charge in [0.05, 0.1) is 0 Å². The normalized spacial score (nSPS) is 8.85. The Balaban J connectivity index is 3.78. The molecule has 7 heteroatoms. The first kappa shape index (κ1) is 11.2. The van der Waals surface area contributed by atoms with Gasteiger partial charge in [-0.2, -0.15) is 0 Å². The Labute approximate surface area is 75.1 Å². The van der Waals surface area contributed by atoms with Crippen LogP contribution < -0.4 is 10.6 Å². The SMILES string of the molecule is CC(C)NC(=O)NC(=O)CN=[N+]=[N-]. The van der Waals surface area contributed by atoms with Gasteiger partial charge < -0.3 is 5.32 Å². The molecule has 0 aliphatic rings. The molecule has 0 saturated heterocycles. The summed E-state index contributed by atoms with van der Waals surface area (Å²) in [4.78, 5) is 24.0. The van der Waals surface area contributed by atoms with Crippen molar-refractivity contribution in [3.05, 3.63) is 10.4 Å². The number of carbonyl (C=O) groups is 2. The molecule has 0 spiro atoms. The molecule has 0 aliphatic carbocycles. The van der Waals surface area contributed by atoms with Crippen molar-refractivity contribution in [2.45, 2.75) is 19.9 Å². The number of nitrogens with zero attached hydrogens (tertiary/aromatic N) is 3. The average Bonchev–Trinajstić information content (AvgIpc) is 1.98. The molecule has 0 unspecified atom stereocenters. The lowest BCUT2D eigenvalue weighted by atomic mass is 10.4. The Kier molecular flexibility index (Phi) is 5.06. The van der Waals surface area contributed by atoms with Crippen molar-refractivity contribution in [3.63, 3.8) is 0 Å². The fourth-order valence-electron chi connectivity index (χ4n) is 0.560. The molecule has 13 heavy (non-hydrogen) atoms. The second-order valence-electron chi connectivity index (χ2n) is 2.57. The number of azide groups is 1. The van der Waals surface area contributed by atoms with Crippen molar-refractivity contribution in [1.29, 1.82) is 0 Å². The standard InChI is InChI=1S/C6H11N5O2/c1-4(2)9-6(13)10-5(12)3-8-11-7/h4H,3H2,1-2H3,(H2,9,10,12,13). The van der Waals surface area contributed by atoms with Crippen LogP contribution >= 0.6 is 0 Å². The molecule has 0 atom stereocenters. The summed E-state index contributed by atoms with van der Waals surface area (Å²) < 4.78 is 0. The van der Waals surface area contributed by atoms with Gasteiger partial charge in [0.1, 0.15) is 6.54 Å². The smallest absolute Gasteiger partial charge is 0.321 e. The number of imide groups is 1. The van der Waals surface area contributed by atoms with Gasteiger partial charge in [-0.25, -0.2) is 4.79 Å². The van der Waals surface area contributed by atoms with Crippen molar-refractivity contribution in [1.82, 2.24) is 10.6 Å². The van der Waals surface area contributed by atoms with Crippen molar-refractivity contribution >= 4 is 11.9 Å². The monoisotopic (exact) mass is 185 g/mol. The van der Waals surface area contributed by atoms with Crippen LogP contribution in [0.3, 0.4) is 0 Å². The van der Waals surface area contributed by atoms with Crippen LogP contribution in [0.2, 0.25) is 0 Å². The molecule has 0 heterocycles. The fraction of sp³-hybridized carbons (Fsp3) is 0.667. The molecule has 0 aromatic carbocycles. The van der Waals surface area contributed by atoms with E-state index in [-0.39, 0.29) is 12.6 Å². The zero-order chi connectivity index (χ0) is 10.3. The zero-order valence-electron chi connectivity index (χ0n) is 7.44. The fourth-order valence-corrected chi connectivity index (χ4v) is 0.560. The second-order valence-corrected chi connectivity index (χ2v) is 2.57. The summed E-state index contributed by atoms with van der Waals surface area (Å²) in [6.45, 7) is 3.15. The molecule has 0 saturated carbocycles. The lowest BCUT2D eigenvalue weighted by molar-refractivity contribution is -0.118. The van der Waals surface area contributed by atoms with Gasteiger partial charge in [-0.1, -0.05) is 5.11 Å². The van der Waals surface area contributed by atoms with Gasteiger partial charge in [-0.05, 0) is 19.4 Å². The second kappa shape index (κ2) is 5.84.